The SMILES string of the molecule is CC1CCN(C(=O)NC(C)C(C)C(=O)O)C(C)C1. The van der Waals surface area contributed by atoms with Crippen molar-refractivity contribution in [3.63, 3.8) is 0 Å². The first-order chi connectivity index (χ1) is 8.32. The molecular weight excluding hydrogens is 232 g/mol. The quantitative estimate of drug-likeness (QED) is 0.810. The summed E-state index contributed by atoms with van der Waals surface area (Å²) in [6, 6.07) is -0.280. The molecule has 0 aliphatic carbocycles. The van der Waals surface area contributed by atoms with Crippen LogP contribution in [0.15, 0.2) is 0 Å². The van der Waals surface area contributed by atoms with Gasteiger partial charge in [-0.25, -0.2) is 4.79 Å². The highest BCUT2D eigenvalue weighted by molar-refractivity contribution is 5.77. The lowest BCUT2D eigenvalue weighted by Gasteiger charge is -2.37. The van der Waals surface area contributed by atoms with Crippen molar-refractivity contribution in [2.75, 3.05) is 6.54 Å². The van der Waals surface area contributed by atoms with Crippen LogP contribution in [0.1, 0.15) is 40.5 Å². The van der Waals surface area contributed by atoms with Crippen LogP contribution in [0.2, 0.25) is 0 Å². The lowest BCUT2D eigenvalue weighted by atomic mass is 9.93. The van der Waals surface area contributed by atoms with Crippen molar-refractivity contribution < 1.29 is 14.7 Å². The molecule has 5 nitrogen and oxygen atoms in total. The van der Waals surface area contributed by atoms with Crippen molar-refractivity contribution in [3.8, 4) is 0 Å². The number of carbonyl (C=O) groups excluding carboxylic acids is 1. The molecule has 1 aliphatic rings. The second-order valence-electron chi connectivity index (χ2n) is 5.54. The first kappa shape index (κ1) is 14.8. The fraction of sp³-hybridized carbons (Fsp3) is 0.846. The minimum absolute atomic E-state index is 0.144. The molecule has 2 amide bonds. The molecule has 4 unspecified atom stereocenters. The lowest BCUT2D eigenvalue weighted by Crippen LogP contribution is -2.52. The summed E-state index contributed by atoms with van der Waals surface area (Å²) in [5.74, 6) is -0.810. The minimum Gasteiger partial charge on any atom is -0.481 e. The Balaban J connectivity index is 2.52. The Morgan fingerprint density at radius 3 is 2.44 bits per heavy atom. The molecule has 1 saturated heterocycles. The van der Waals surface area contributed by atoms with Crippen molar-refractivity contribution in [1.29, 1.82) is 0 Å². The molecule has 1 fully saturated rings. The number of piperidine rings is 1. The van der Waals surface area contributed by atoms with Crippen LogP contribution in [-0.4, -0.2) is 40.6 Å². The monoisotopic (exact) mass is 256 g/mol. The van der Waals surface area contributed by atoms with Gasteiger partial charge in [-0.05, 0) is 39.5 Å². The Hall–Kier alpha value is -1.26. The van der Waals surface area contributed by atoms with Gasteiger partial charge in [-0.3, -0.25) is 4.79 Å². The largest absolute Gasteiger partial charge is 0.481 e. The van der Waals surface area contributed by atoms with E-state index in [1.165, 1.54) is 0 Å². The van der Waals surface area contributed by atoms with Crippen molar-refractivity contribution in [2.24, 2.45) is 11.8 Å². The minimum atomic E-state index is -0.886. The predicted octanol–water partition coefficient (Wildman–Crippen LogP) is 1.93. The molecule has 104 valence electrons. The molecule has 0 aromatic carbocycles. The summed E-state index contributed by atoms with van der Waals surface area (Å²) < 4.78 is 0. The highest BCUT2D eigenvalue weighted by Gasteiger charge is 2.29. The van der Waals surface area contributed by atoms with Crippen LogP contribution < -0.4 is 5.32 Å². The van der Waals surface area contributed by atoms with Crippen LogP contribution in [0.25, 0.3) is 0 Å². The third-order valence-corrected chi connectivity index (χ3v) is 3.89. The zero-order valence-corrected chi connectivity index (χ0v) is 11.6. The molecule has 4 atom stereocenters. The van der Waals surface area contributed by atoms with E-state index in [1.54, 1.807) is 13.8 Å². The molecular formula is C13H24N2O3. The number of urea groups is 1. The lowest BCUT2D eigenvalue weighted by molar-refractivity contribution is -0.141. The number of carboxylic acids is 1. The number of hydrogen-bond donors (Lipinski definition) is 2. The second-order valence-corrected chi connectivity index (χ2v) is 5.54. The van der Waals surface area contributed by atoms with Crippen molar-refractivity contribution in [3.05, 3.63) is 0 Å². The average Bonchev–Trinajstić information content (AvgIpc) is 2.27. The van der Waals surface area contributed by atoms with Gasteiger partial charge in [-0.1, -0.05) is 6.92 Å². The second kappa shape index (κ2) is 6.07. The van der Waals surface area contributed by atoms with Gasteiger partial charge in [-0.15, -0.1) is 0 Å². The normalized spacial score (nSPS) is 27.4. The van der Waals surface area contributed by atoms with E-state index in [9.17, 15) is 9.59 Å². The first-order valence-corrected chi connectivity index (χ1v) is 6.62. The van der Waals surface area contributed by atoms with Gasteiger partial charge in [0.2, 0.25) is 0 Å². The number of carbonyl (C=O) groups is 2. The number of aliphatic carboxylic acids is 1. The fourth-order valence-electron chi connectivity index (χ4n) is 2.33. The van der Waals surface area contributed by atoms with Gasteiger partial charge in [0.15, 0.2) is 0 Å². The molecule has 1 heterocycles. The van der Waals surface area contributed by atoms with E-state index in [-0.39, 0.29) is 18.1 Å². The molecule has 0 aromatic heterocycles. The molecule has 1 rings (SSSR count). The van der Waals surface area contributed by atoms with E-state index in [2.05, 4.69) is 12.2 Å². The highest BCUT2D eigenvalue weighted by atomic mass is 16.4. The Morgan fingerprint density at radius 1 is 1.33 bits per heavy atom. The van der Waals surface area contributed by atoms with Gasteiger partial charge in [-0.2, -0.15) is 0 Å². The summed E-state index contributed by atoms with van der Waals surface area (Å²) in [4.78, 5) is 24.7. The Labute approximate surface area is 109 Å². The number of nitrogens with zero attached hydrogens (tertiary/aromatic N) is 1. The van der Waals surface area contributed by atoms with E-state index in [4.69, 9.17) is 5.11 Å². The average molecular weight is 256 g/mol. The molecule has 0 saturated carbocycles. The zero-order chi connectivity index (χ0) is 13.9. The van der Waals surface area contributed by atoms with E-state index >= 15 is 0 Å². The maximum absolute atomic E-state index is 12.1. The summed E-state index contributed by atoms with van der Waals surface area (Å²) in [6.45, 7) is 8.33. The van der Waals surface area contributed by atoms with Crippen LogP contribution in [0.5, 0.6) is 0 Å². The fourth-order valence-corrected chi connectivity index (χ4v) is 2.33. The predicted molar refractivity (Wildman–Crippen MR) is 69.4 cm³/mol. The number of amides is 2. The number of rotatable bonds is 3. The first-order valence-electron chi connectivity index (χ1n) is 6.62. The maximum atomic E-state index is 12.1. The summed E-state index contributed by atoms with van der Waals surface area (Å²) >= 11 is 0. The summed E-state index contributed by atoms with van der Waals surface area (Å²) in [5, 5.41) is 11.7. The molecule has 0 bridgehead atoms. The van der Waals surface area contributed by atoms with Gasteiger partial charge in [0.25, 0.3) is 0 Å². The van der Waals surface area contributed by atoms with Crippen molar-refractivity contribution in [2.45, 2.75) is 52.6 Å². The third kappa shape index (κ3) is 3.62. The van der Waals surface area contributed by atoms with Gasteiger partial charge >= 0.3 is 12.0 Å². The topological polar surface area (TPSA) is 69.6 Å². The van der Waals surface area contributed by atoms with Crippen LogP contribution in [0, 0.1) is 11.8 Å². The molecule has 2 N–H and O–H groups in total. The van der Waals surface area contributed by atoms with Crippen LogP contribution in [0.3, 0.4) is 0 Å². The Kier molecular flexibility index (Phi) is 4.99. The smallest absolute Gasteiger partial charge is 0.317 e. The maximum Gasteiger partial charge on any atom is 0.317 e. The zero-order valence-electron chi connectivity index (χ0n) is 11.6. The number of hydrogen-bond acceptors (Lipinski definition) is 2. The van der Waals surface area contributed by atoms with Crippen molar-refractivity contribution >= 4 is 12.0 Å². The summed E-state index contributed by atoms with van der Waals surface area (Å²) in [7, 11) is 0. The van der Waals surface area contributed by atoms with Crippen LogP contribution >= 0.6 is 0 Å². The van der Waals surface area contributed by atoms with Crippen LogP contribution in [-0.2, 0) is 4.79 Å². The molecule has 0 radical (unpaired) electrons. The third-order valence-electron chi connectivity index (χ3n) is 3.89. The van der Waals surface area contributed by atoms with Gasteiger partial charge in [0, 0.05) is 18.6 Å². The molecule has 0 aromatic rings. The molecule has 0 spiro atoms. The molecule has 1 aliphatic heterocycles. The molecule has 18 heavy (non-hydrogen) atoms. The van der Waals surface area contributed by atoms with E-state index in [0.29, 0.717) is 5.92 Å². The summed E-state index contributed by atoms with van der Waals surface area (Å²) in [5.41, 5.74) is 0. The number of nitrogens with one attached hydrogen (secondary N) is 1. The highest BCUT2D eigenvalue weighted by Crippen LogP contribution is 2.22. The standard InChI is InChI=1S/C13H24N2O3/c1-8-5-6-15(9(2)7-8)13(18)14-11(4)10(3)12(16)17/h8-11H,5-7H2,1-4H3,(H,14,18)(H,16,17). The number of carboxylic acid groups (broad SMARTS) is 1. The molecule has 5 heteroatoms. The van der Waals surface area contributed by atoms with E-state index in [1.807, 2.05) is 11.8 Å². The Bertz CT molecular complexity index is 319. The van der Waals surface area contributed by atoms with Gasteiger partial charge in [0.1, 0.15) is 0 Å². The van der Waals surface area contributed by atoms with Gasteiger partial charge in [0.05, 0.1) is 5.92 Å². The van der Waals surface area contributed by atoms with E-state index in [0.717, 1.165) is 19.4 Å². The Morgan fingerprint density at radius 2 is 1.94 bits per heavy atom. The van der Waals surface area contributed by atoms with Gasteiger partial charge < -0.3 is 15.3 Å². The summed E-state index contributed by atoms with van der Waals surface area (Å²) in [6.07, 6.45) is 2.02. The van der Waals surface area contributed by atoms with Crippen molar-refractivity contribution in [1.82, 2.24) is 10.2 Å². The van der Waals surface area contributed by atoms with E-state index < -0.39 is 11.9 Å². The number of likely N-dealkylation sites (tertiary alicyclic amines) is 1. The van der Waals surface area contributed by atoms with Crippen LogP contribution in [0.4, 0.5) is 4.79 Å².